The second kappa shape index (κ2) is 5.07. The summed E-state index contributed by atoms with van der Waals surface area (Å²) in [6.45, 7) is 5.72. The van der Waals surface area contributed by atoms with Crippen molar-refractivity contribution in [1.82, 2.24) is 15.5 Å². The minimum Gasteiger partial charge on any atom is -0.347 e. The summed E-state index contributed by atoms with van der Waals surface area (Å²) in [6.07, 6.45) is 1.20. The molecule has 16 heavy (non-hydrogen) atoms. The van der Waals surface area contributed by atoms with Crippen LogP contribution in [0, 0.1) is 6.92 Å². The first-order valence-corrected chi connectivity index (χ1v) is 5.38. The Morgan fingerprint density at radius 1 is 1.50 bits per heavy atom. The Kier molecular flexibility index (Phi) is 4.00. The quantitative estimate of drug-likeness (QED) is 0.763. The van der Waals surface area contributed by atoms with Crippen molar-refractivity contribution in [2.75, 3.05) is 0 Å². The van der Waals surface area contributed by atoms with Crippen LogP contribution in [-0.4, -0.2) is 21.6 Å². The van der Waals surface area contributed by atoms with Gasteiger partial charge in [0.25, 0.3) is 0 Å². The lowest BCUT2D eigenvalue weighted by Crippen LogP contribution is -2.52. The molecule has 0 unspecified atom stereocenters. The largest absolute Gasteiger partial charge is 0.347 e. The third-order valence-electron chi connectivity index (χ3n) is 2.69. The van der Waals surface area contributed by atoms with Crippen molar-refractivity contribution in [1.29, 1.82) is 0 Å². The lowest BCUT2D eigenvalue weighted by molar-refractivity contribution is -0.126. The Balaban J connectivity index is 2.52. The standard InChI is InChI=1S/C10H18N4O2/c1-4-10(11,5-2)9(15)12-6-8-13-7(3)16-14-8/h4-6,11H2,1-3H3,(H,12,15). The van der Waals surface area contributed by atoms with Gasteiger partial charge in [-0.05, 0) is 12.8 Å². The van der Waals surface area contributed by atoms with E-state index in [1.807, 2.05) is 13.8 Å². The zero-order valence-electron chi connectivity index (χ0n) is 9.91. The smallest absolute Gasteiger partial charge is 0.240 e. The first-order valence-electron chi connectivity index (χ1n) is 5.38. The van der Waals surface area contributed by atoms with E-state index in [4.69, 9.17) is 10.3 Å². The molecule has 0 radical (unpaired) electrons. The van der Waals surface area contributed by atoms with E-state index >= 15 is 0 Å². The molecule has 0 saturated carbocycles. The molecule has 1 aromatic heterocycles. The van der Waals surface area contributed by atoms with Crippen LogP contribution < -0.4 is 11.1 Å². The summed E-state index contributed by atoms with van der Waals surface area (Å²) in [4.78, 5) is 15.8. The molecule has 0 bridgehead atoms. The van der Waals surface area contributed by atoms with Gasteiger partial charge in [-0.25, -0.2) is 0 Å². The van der Waals surface area contributed by atoms with Gasteiger partial charge in [0.15, 0.2) is 5.82 Å². The fraction of sp³-hybridized carbons (Fsp3) is 0.700. The summed E-state index contributed by atoms with van der Waals surface area (Å²) in [5.74, 6) is 0.759. The van der Waals surface area contributed by atoms with Gasteiger partial charge in [0, 0.05) is 6.92 Å². The Morgan fingerprint density at radius 2 is 2.12 bits per heavy atom. The van der Waals surface area contributed by atoms with Gasteiger partial charge in [0.1, 0.15) is 0 Å². The normalized spacial score (nSPS) is 11.5. The van der Waals surface area contributed by atoms with E-state index in [2.05, 4.69) is 15.5 Å². The van der Waals surface area contributed by atoms with Crippen LogP contribution >= 0.6 is 0 Å². The van der Waals surface area contributed by atoms with E-state index in [0.29, 0.717) is 24.6 Å². The fourth-order valence-electron chi connectivity index (χ4n) is 1.32. The topological polar surface area (TPSA) is 94.0 Å². The molecule has 0 aliphatic heterocycles. The monoisotopic (exact) mass is 226 g/mol. The Bertz CT molecular complexity index is 357. The predicted octanol–water partition coefficient (Wildman–Crippen LogP) is 0.512. The number of rotatable bonds is 5. The zero-order valence-corrected chi connectivity index (χ0v) is 9.91. The van der Waals surface area contributed by atoms with Gasteiger partial charge in [-0.2, -0.15) is 4.98 Å². The Labute approximate surface area is 94.6 Å². The molecular weight excluding hydrogens is 208 g/mol. The van der Waals surface area contributed by atoms with Crippen molar-refractivity contribution in [3.63, 3.8) is 0 Å². The molecule has 3 N–H and O–H groups in total. The number of nitrogens with one attached hydrogen (secondary N) is 1. The fourth-order valence-corrected chi connectivity index (χ4v) is 1.32. The van der Waals surface area contributed by atoms with Crippen molar-refractivity contribution in [3.05, 3.63) is 11.7 Å². The van der Waals surface area contributed by atoms with Crippen LogP contribution in [0.25, 0.3) is 0 Å². The molecule has 6 heteroatoms. The minimum atomic E-state index is -0.807. The van der Waals surface area contributed by atoms with Gasteiger partial charge in [0.05, 0.1) is 12.1 Å². The molecule has 1 aromatic rings. The van der Waals surface area contributed by atoms with Crippen LogP contribution in [0.3, 0.4) is 0 Å². The van der Waals surface area contributed by atoms with Crippen molar-refractivity contribution in [2.45, 2.75) is 45.7 Å². The van der Waals surface area contributed by atoms with E-state index in [1.165, 1.54) is 0 Å². The van der Waals surface area contributed by atoms with E-state index in [-0.39, 0.29) is 12.5 Å². The molecule has 0 fully saturated rings. The summed E-state index contributed by atoms with van der Waals surface area (Å²) in [5.41, 5.74) is 5.13. The molecule has 0 spiro atoms. The van der Waals surface area contributed by atoms with E-state index in [0.717, 1.165) is 0 Å². The van der Waals surface area contributed by atoms with E-state index < -0.39 is 5.54 Å². The molecule has 0 atom stereocenters. The second-order valence-corrected chi connectivity index (χ2v) is 3.78. The van der Waals surface area contributed by atoms with Crippen LogP contribution in [0.15, 0.2) is 4.52 Å². The zero-order chi connectivity index (χ0) is 12.2. The number of carbonyl (C=O) groups is 1. The van der Waals surface area contributed by atoms with Crippen molar-refractivity contribution in [2.24, 2.45) is 5.73 Å². The van der Waals surface area contributed by atoms with Crippen LogP contribution in [0.2, 0.25) is 0 Å². The van der Waals surface area contributed by atoms with Crippen LogP contribution in [0.5, 0.6) is 0 Å². The summed E-state index contributed by atoms with van der Waals surface area (Å²) in [6, 6.07) is 0. The molecule has 0 saturated heterocycles. The van der Waals surface area contributed by atoms with Gasteiger partial charge in [-0.3, -0.25) is 4.79 Å². The maximum atomic E-state index is 11.8. The maximum absolute atomic E-state index is 11.8. The number of hydrogen-bond acceptors (Lipinski definition) is 5. The number of carbonyl (C=O) groups excluding carboxylic acids is 1. The molecule has 1 heterocycles. The van der Waals surface area contributed by atoms with Gasteiger partial charge < -0.3 is 15.6 Å². The number of amides is 1. The lowest BCUT2D eigenvalue weighted by Gasteiger charge is -2.24. The highest BCUT2D eigenvalue weighted by Gasteiger charge is 2.29. The second-order valence-electron chi connectivity index (χ2n) is 3.78. The third kappa shape index (κ3) is 2.79. The Hall–Kier alpha value is -1.43. The average Bonchev–Trinajstić information content (AvgIpc) is 2.70. The molecule has 0 aliphatic carbocycles. The van der Waals surface area contributed by atoms with Crippen molar-refractivity contribution < 1.29 is 9.32 Å². The van der Waals surface area contributed by atoms with Crippen LogP contribution in [0.1, 0.15) is 38.4 Å². The predicted molar refractivity (Wildman–Crippen MR) is 58.4 cm³/mol. The summed E-state index contributed by atoms with van der Waals surface area (Å²) < 4.78 is 4.79. The number of nitrogens with zero attached hydrogens (tertiary/aromatic N) is 2. The highest BCUT2D eigenvalue weighted by molar-refractivity contribution is 5.85. The number of aryl methyl sites for hydroxylation is 1. The van der Waals surface area contributed by atoms with Gasteiger partial charge in [-0.1, -0.05) is 19.0 Å². The maximum Gasteiger partial charge on any atom is 0.240 e. The highest BCUT2D eigenvalue weighted by Crippen LogP contribution is 2.11. The highest BCUT2D eigenvalue weighted by atomic mass is 16.5. The molecule has 0 aliphatic rings. The number of nitrogens with two attached hydrogens (primary N) is 1. The summed E-state index contributed by atoms with van der Waals surface area (Å²) in [5, 5.41) is 6.39. The van der Waals surface area contributed by atoms with Crippen LogP contribution in [0.4, 0.5) is 0 Å². The molecule has 1 amide bonds. The number of aromatic nitrogens is 2. The van der Waals surface area contributed by atoms with Gasteiger partial charge in [-0.15, -0.1) is 0 Å². The van der Waals surface area contributed by atoms with Crippen molar-refractivity contribution in [3.8, 4) is 0 Å². The Morgan fingerprint density at radius 3 is 2.56 bits per heavy atom. The average molecular weight is 226 g/mol. The van der Waals surface area contributed by atoms with E-state index in [1.54, 1.807) is 6.92 Å². The SMILES string of the molecule is CCC(N)(CC)C(=O)NCc1noc(C)n1. The third-order valence-corrected chi connectivity index (χ3v) is 2.69. The van der Waals surface area contributed by atoms with Crippen molar-refractivity contribution >= 4 is 5.91 Å². The number of hydrogen-bond donors (Lipinski definition) is 2. The van der Waals surface area contributed by atoms with Gasteiger partial charge >= 0.3 is 0 Å². The first-order chi connectivity index (χ1) is 7.51. The molecule has 1 rings (SSSR count). The van der Waals surface area contributed by atoms with Gasteiger partial charge in [0.2, 0.25) is 11.8 Å². The summed E-state index contributed by atoms with van der Waals surface area (Å²) >= 11 is 0. The van der Waals surface area contributed by atoms with Crippen LogP contribution in [-0.2, 0) is 11.3 Å². The summed E-state index contributed by atoms with van der Waals surface area (Å²) in [7, 11) is 0. The molecule has 6 nitrogen and oxygen atoms in total. The van der Waals surface area contributed by atoms with E-state index in [9.17, 15) is 4.79 Å². The molecule has 90 valence electrons. The minimum absolute atomic E-state index is 0.181. The molecular formula is C10H18N4O2. The molecule has 0 aromatic carbocycles. The first kappa shape index (κ1) is 12.6. The lowest BCUT2D eigenvalue weighted by atomic mass is 9.93.